The largest absolute Gasteiger partial charge is 0.385 e. The van der Waals surface area contributed by atoms with Crippen LogP contribution in [0.1, 0.15) is 45.2 Å². The van der Waals surface area contributed by atoms with Crippen LogP contribution >= 0.6 is 0 Å². The van der Waals surface area contributed by atoms with Crippen molar-refractivity contribution in [2.24, 2.45) is 0 Å². The number of carbonyl (C=O) groups is 2. The topological polar surface area (TPSA) is 80.3 Å². The van der Waals surface area contributed by atoms with Gasteiger partial charge in [0.1, 0.15) is 0 Å². The molecule has 0 radical (unpaired) electrons. The van der Waals surface area contributed by atoms with Crippen LogP contribution in [-0.4, -0.2) is 37.1 Å². The van der Waals surface area contributed by atoms with Gasteiger partial charge in [0.05, 0.1) is 11.1 Å². The third-order valence-corrected chi connectivity index (χ3v) is 4.05. The third-order valence-electron chi connectivity index (χ3n) is 4.05. The van der Waals surface area contributed by atoms with E-state index in [2.05, 4.69) is 15.6 Å². The molecule has 138 valence electrons. The number of para-hydroxylation sites is 1. The van der Waals surface area contributed by atoms with E-state index in [9.17, 15) is 9.59 Å². The molecule has 0 unspecified atom stereocenters. The number of aryl methyl sites for hydroxylation is 2. The van der Waals surface area contributed by atoms with Gasteiger partial charge in [0, 0.05) is 38.3 Å². The molecule has 1 heterocycles. The minimum absolute atomic E-state index is 0.256. The average Bonchev–Trinajstić information content (AvgIpc) is 2.66. The molecule has 0 bridgehead atoms. The van der Waals surface area contributed by atoms with Crippen molar-refractivity contribution in [3.8, 4) is 0 Å². The van der Waals surface area contributed by atoms with Gasteiger partial charge in [-0.3, -0.25) is 14.6 Å². The number of hydrogen-bond acceptors (Lipinski definition) is 4. The molecule has 1 aromatic heterocycles. The van der Waals surface area contributed by atoms with Gasteiger partial charge >= 0.3 is 0 Å². The van der Waals surface area contributed by atoms with Crippen LogP contribution in [0.25, 0.3) is 0 Å². The van der Waals surface area contributed by atoms with Crippen molar-refractivity contribution in [3.63, 3.8) is 0 Å². The summed E-state index contributed by atoms with van der Waals surface area (Å²) in [4.78, 5) is 28.8. The Morgan fingerprint density at radius 3 is 2.58 bits per heavy atom. The summed E-state index contributed by atoms with van der Waals surface area (Å²) in [6, 6.07) is 7.47. The van der Waals surface area contributed by atoms with Crippen LogP contribution in [0.3, 0.4) is 0 Å². The molecule has 0 aliphatic rings. The molecule has 1 aromatic carbocycles. The van der Waals surface area contributed by atoms with Crippen LogP contribution in [0.4, 0.5) is 5.69 Å². The van der Waals surface area contributed by atoms with Crippen LogP contribution in [0.15, 0.2) is 36.7 Å². The van der Waals surface area contributed by atoms with E-state index in [1.54, 1.807) is 13.2 Å². The Morgan fingerprint density at radius 2 is 1.88 bits per heavy atom. The van der Waals surface area contributed by atoms with Gasteiger partial charge in [0.2, 0.25) is 0 Å². The lowest BCUT2D eigenvalue weighted by Gasteiger charge is -2.13. The van der Waals surface area contributed by atoms with Gasteiger partial charge in [-0.2, -0.15) is 0 Å². The molecule has 6 nitrogen and oxygen atoms in total. The number of carbonyl (C=O) groups excluding carboxylic acids is 2. The molecule has 2 N–H and O–H groups in total. The van der Waals surface area contributed by atoms with Crippen LogP contribution in [-0.2, 0) is 11.2 Å². The zero-order valence-corrected chi connectivity index (χ0v) is 15.5. The molecule has 0 fully saturated rings. The van der Waals surface area contributed by atoms with Crippen molar-refractivity contribution in [1.82, 2.24) is 10.3 Å². The second kappa shape index (κ2) is 9.68. The summed E-state index contributed by atoms with van der Waals surface area (Å²) < 4.78 is 4.95. The van der Waals surface area contributed by atoms with E-state index < -0.39 is 0 Å². The first-order valence-electron chi connectivity index (χ1n) is 8.68. The smallest absolute Gasteiger partial charge is 0.257 e. The predicted molar refractivity (Wildman–Crippen MR) is 102 cm³/mol. The first kappa shape index (κ1) is 19.6. The number of pyridine rings is 1. The number of nitrogens with zero attached hydrogens (tertiary/aromatic N) is 1. The molecule has 0 spiro atoms. The van der Waals surface area contributed by atoms with E-state index in [4.69, 9.17) is 4.74 Å². The summed E-state index contributed by atoms with van der Waals surface area (Å²) in [6.07, 6.45) is 4.46. The molecule has 2 aromatic rings. The fourth-order valence-corrected chi connectivity index (χ4v) is 2.60. The third kappa shape index (κ3) is 5.13. The normalized spacial score (nSPS) is 10.4. The first-order valence-corrected chi connectivity index (χ1v) is 8.68. The zero-order valence-electron chi connectivity index (χ0n) is 15.5. The summed E-state index contributed by atoms with van der Waals surface area (Å²) in [5, 5.41) is 5.73. The molecule has 2 rings (SSSR count). The minimum Gasteiger partial charge on any atom is -0.385 e. The van der Waals surface area contributed by atoms with Gasteiger partial charge < -0.3 is 15.4 Å². The summed E-state index contributed by atoms with van der Waals surface area (Å²) in [6.45, 7) is 5.08. The summed E-state index contributed by atoms with van der Waals surface area (Å²) in [5.74, 6) is -0.538. The average molecular weight is 355 g/mol. The highest BCUT2D eigenvalue weighted by Crippen LogP contribution is 2.21. The molecule has 2 amide bonds. The van der Waals surface area contributed by atoms with Gasteiger partial charge in [-0.15, -0.1) is 0 Å². The monoisotopic (exact) mass is 355 g/mol. The molecule has 0 atom stereocenters. The van der Waals surface area contributed by atoms with E-state index in [1.807, 2.05) is 32.0 Å². The molecular formula is C20H25N3O3. The molecule has 26 heavy (non-hydrogen) atoms. The van der Waals surface area contributed by atoms with Gasteiger partial charge in [-0.05, 0) is 37.0 Å². The zero-order chi connectivity index (χ0) is 18.9. The molecule has 0 saturated carbocycles. The second-order valence-corrected chi connectivity index (χ2v) is 5.98. The van der Waals surface area contributed by atoms with Crippen molar-refractivity contribution in [1.29, 1.82) is 0 Å². The van der Waals surface area contributed by atoms with Crippen molar-refractivity contribution in [2.75, 3.05) is 25.6 Å². The Labute approximate surface area is 154 Å². The number of rotatable bonds is 8. The maximum atomic E-state index is 12.6. The van der Waals surface area contributed by atoms with Gasteiger partial charge in [-0.1, -0.05) is 25.1 Å². The highest BCUT2D eigenvalue weighted by atomic mass is 16.5. The van der Waals surface area contributed by atoms with Crippen LogP contribution in [0.5, 0.6) is 0 Å². The van der Waals surface area contributed by atoms with Crippen molar-refractivity contribution < 1.29 is 14.3 Å². The van der Waals surface area contributed by atoms with E-state index in [1.165, 1.54) is 12.4 Å². The SMILES string of the molecule is CCc1cccc(C)c1NC(=O)c1cncc(C(=O)NCCCOC)c1. The van der Waals surface area contributed by atoms with Crippen LogP contribution in [0, 0.1) is 6.92 Å². The molecule has 0 aliphatic heterocycles. The fraction of sp³-hybridized carbons (Fsp3) is 0.350. The van der Waals surface area contributed by atoms with Crippen molar-refractivity contribution in [3.05, 3.63) is 58.9 Å². The Balaban J connectivity index is 2.10. The number of methoxy groups -OCH3 is 1. The van der Waals surface area contributed by atoms with E-state index >= 15 is 0 Å². The number of anilines is 1. The Bertz CT molecular complexity index is 775. The number of aromatic nitrogens is 1. The van der Waals surface area contributed by atoms with E-state index in [-0.39, 0.29) is 11.8 Å². The highest BCUT2D eigenvalue weighted by molar-refractivity contribution is 6.06. The van der Waals surface area contributed by atoms with E-state index in [0.29, 0.717) is 24.3 Å². The van der Waals surface area contributed by atoms with Crippen molar-refractivity contribution >= 4 is 17.5 Å². The number of hydrogen-bond donors (Lipinski definition) is 2. The van der Waals surface area contributed by atoms with Crippen LogP contribution in [0.2, 0.25) is 0 Å². The lowest BCUT2D eigenvalue weighted by Crippen LogP contribution is -2.26. The Morgan fingerprint density at radius 1 is 1.15 bits per heavy atom. The summed E-state index contributed by atoms with van der Waals surface area (Å²) in [5.41, 5.74) is 3.58. The fourth-order valence-electron chi connectivity index (χ4n) is 2.60. The number of nitrogens with one attached hydrogen (secondary N) is 2. The molecular weight excluding hydrogens is 330 g/mol. The van der Waals surface area contributed by atoms with E-state index in [0.717, 1.165) is 29.7 Å². The lowest BCUT2D eigenvalue weighted by molar-refractivity contribution is 0.0948. The predicted octanol–water partition coefficient (Wildman–Crippen LogP) is 2.97. The first-order chi connectivity index (χ1) is 12.6. The molecule has 0 saturated heterocycles. The minimum atomic E-state index is -0.282. The maximum Gasteiger partial charge on any atom is 0.257 e. The Hall–Kier alpha value is -2.73. The number of amides is 2. The molecule has 6 heteroatoms. The quantitative estimate of drug-likeness (QED) is 0.714. The Kier molecular flexibility index (Phi) is 7.29. The second-order valence-electron chi connectivity index (χ2n) is 5.98. The maximum absolute atomic E-state index is 12.6. The van der Waals surface area contributed by atoms with Crippen LogP contribution < -0.4 is 10.6 Å². The molecule has 0 aliphatic carbocycles. The summed E-state index contributed by atoms with van der Waals surface area (Å²) in [7, 11) is 1.62. The van der Waals surface area contributed by atoms with Gasteiger partial charge in [0.25, 0.3) is 11.8 Å². The number of ether oxygens (including phenoxy) is 1. The number of benzene rings is 1. The highest BCUT2D eigenvalue weighted by Gasteiger charge is 2.13. The van der Waals surface area contributed by atoms with Crippen molar-refractivity contribution in [2.45, 2.75) is 26.7 Å². The van der Waals surface area contributed by atoms with Gasteiger partial charge in [0.15, 0.2) is 0 Å². The summed E-state index contributed by atoms with van der Waals surface area (Å²) >= 11 is 0. The van der Waals surface area contributed by atoms with Gasteiger partial charge in [-0.25, -0.2) is 0 Å². The standard InChI is InChI=1S/C20H25N3O3/c1-4-15-8-5-7-14(2)18(15)23-20(25)17-11-16(12-21-13-17)19(24)22-9-6-10-26-3/h5,7-8,11-13H,4,6,9-10H2,1-3H3,(H,22,24)(H,23,25). The lowest BCUT2D eigenvalue weighted by atomic mass is 10.1.